The summed E-state index contributed by atoms with van der Waals surface area (Å²) in [5.41, 5.74) is 5.17. The van der Waals surface area contributed by atoms with Crippen LogP contribution in [0, 0.1) is 11.8 Å². The molecule has 0 saturated carbocycles. The van der Waals surface area contributed by atoms with E-state index < -0.39 is 0 Å². The summed E-state index contributed by atoms with van der Waals surface area (Å²) >= 11 is 3.49. The SMILES string of the molecule is CN1CC2CN(c3cc4ccc(Br)nc4nc3-c3cc4ccccc4[nH]3)CC2C1. The van der Waals surface area contributed by atoms with Gasteiger partial charge in [-0.25, -0.2) is 9.97 Å². The van der Waals surface area contributed by atoms with Crippen LogP contribution in [0.4, 0.5) is 5.69 Å². The van der Waals surface area contributed by atoms with Gasteiger partial charge < -0.3 is 14.8 Å². The topological polar surface area (TPSA) is 48.1 Å². The summed E-state index contributed by atoms with van der Waals surface area (Å²) in [4.78, 5) is 18.2. The van der Waals surface area contributed by atoms with Gasteiger partial charge in [-0.1, -0.05) is 18.2 Å². The Morgan fingerprint density at radius 3 is 2.52 bits per heavy atom. The summed E-state index contributed by atoms with van der Waals surface area (Å²) in [5, 5.41) is 2.29. The molecule has 0 radical (unpaired) electrons. The molecule has 1 N–H and O–H groups in total. The Morgan fingerprint density at radius 2 is 1.72 bits per heavy atom. The molecule has 0 bridgehead atoms. The minimum Gasteiger partial charge on any atom is -0.369 e. The van der Waals surface area contributed by atoms with E-state index in [9.17, 15) is 0 Å². The number of aromatic nitrogens is 3. The highest BCUT2D eigenvalue weighted by atomic mass is 79.9. The van der Waals surface area contributed by atoms with Crippen LogP contribution in [0.25, 0.3) is 33.3 Å². The van der Waals surface area contributed by atoms with Crippen LogP contribution in [0.3, 0.4) is 0 Å². The lowest BCUT2D eigenvalue weighted by atomic mass is 10.0. The number of anilines is 1. The van der Waals surface area contributed by atoms with Crippen LogP contribution in [0.1, 0.15) is 0 Å². The Kier molecular flexibility index (Phi) is 3.93. The quantitative estimate of drug-likeness (QED) is 0.458. The van der Waals surface area contributed by atoms with Crippen LogP contribution in [-0.4, -0.2) is 53.1 Å². The highest BCUT2D eigenvalue weighted by Crippen LogP contribution is 2.39. The maximum absolute atomic E-state index is 5.03. The molecule has 2 unspecified atom stereocenters. The molecule has 2 atom stereocenters. The number of rotatable bonds is 2. The summed E-state index contributed by atoms with van der Waals surface area (Å²) in [6.07, 6.45) is 0. The van der Waals surface area contributed by atoms with Gasteiger partial charge in [0.1, 0.15) is 10.3 Å². The van der Waals surface area contributed by atoms with Gasteiger partial charge in [0.25, 0.3) is 0 Å². The van der Waals surface area contributed by atoms with Gasteiger partial charge in [-0.2, -0.15) is 0 Å². The summed E-state index contributed by atoms with van der Waals surface area (Å²) in [6.45, 7) is 4.58. The zero-order valence-corrected chi connectivity index (χ0v) is 17.9. The van der Waals surface area contributed by atoms with E-state index >= 15 is 0 Å². The maximum Gasteiger partial charge on any atom is 0.161 e. The predicted molar refractivity (Wildman–Crippen MR) is 121 cm³/mol. The van der Waals surface area contributed by atoms with Crippen molar-refractivity contribution in [3.8, 4) is 11.4 Å². The van der Waals surface area contributed by atoms with Crippen molar-refractivity contribution in [1.29, 1.82) is 0 Å². The molecule has 0 aliphatic carbocycles. The minimum absolute atomic E-state index is 0.745. The van der Waals surface area contributed by atoms with Crippen LogP contribution in [-0.2, 0) is 0 Å². The molecule has 0 spiro atoms. The largest absolute Gasteiger partial charge is 0.369 e. The van der Waals surface area contributed by atoms with Crippen LogP contribution in [0.2, 0.25) is 0 Å². The zero-order chi connectivity index (χ0) is 19.5. The molecule has 2 saturated heterocycles. The van der Waals surface area contributed by atoms with Crippen molar-refractivity contribution in [3.05, 3.63) is 53.1 Å². The van der Waals surface area contributed by atoms with Crippen molar-refractivity contribution < 1.29 is 0 Å². The number of hydrogen-bond donors (Lipinski definition) is 1. The van der Waals surface area contributed by atoms with Gasteiger partial charge in [0.05, 0.1) is 11.4 Å². The Balaban J connectivity index is 1.51. The van der Waals surface area contributed by atoms with Crippen molar-refractivity contribution in [2.45, 2.75) is 0 Å². The number of benzene rings is 1. The molecule has 1 aromatic carbocycles. The minimum atomic E-state index is 0.745. The third-order valence-corrected chi connectivity index (χ3v) is 6.86. The first kappa shape index (κ1) is 17.4. The molecule has 5 heterocycles. The lowest BCUT2D eigenvalue weighted by Crippen LogP contribution is -2.27. The van der Waals surface area contributed by atoms with Gasteiger partial charge >= 0.3 is 0 Å². The lowest BCUT2D eigenvalue weighted by molar-refractivity contribution is 0.387. The standard InChI is InChI=1S/C23H22BrN5/c1-28-10-16-12-29(13-17(16)11-28)20-9-15-6-7-21(24)26-23(15)27-22(20)19-8-14-4-2-3-5-18(14)25-19/h2-9,16-17,25H,10-13H2,1H3. The van der Waals surface area contributed by atoms with Gasteiger partial charge in [0.15, 0.2) is 5.65 Å². The average molecular weight is 448 g/mol. The van der Waals surface area contributed by atoms with E-state index in [1.54, 1.807) is 0 Å². The third kappa shape index (κ3) is 2.93. The second-order valence-electron chi connectivity index (χ2n) is 8.45. The summed E-state index contributed by atoms with van der Waals surface area (Å²) < 4.78 is 0.812. The number of halogens is 1. The van der Waals surface area contributed by atoms with Crippen molar-refractivity contribution in [2.24, 2.45) is 11.8 Å². The highest BCUT2D eigenvalue weighted by Gasteiger charge is 2.39. The van der Waals surface area contributed by atoms with Gasteiger partial charge in [0, 0.05) is 42.5 Å². The van der Waals surface area contributed by atoms with Crippen LogP contribution in [0.15, 0.2) is 53.1 Å². The third-order valence-electron chi connectivity index (χ3n) is 6.42. The van der Waals surface area contributed by atoms with Crippen molar-refractivity contribution >= 4 is 43.6 Å². The Hall–Kier alpha value is -2.44. The fourth-order valence-corrected chi connectivity index (χ4v) is 5.38. The van der Waals surface area contributed by atoms with Gasteiger partial charge in [-0.15, -0.1) is 0 Å². The summed E-state index contributed by atoms with van der Waals surface area (Å²) in [5.74, 6) is 1.49. The molecule has 2 aliphatic heterocycles. The lowest BCUT2D eigenvalue weighted by Gasteiger charge is -2.23. The second kappa shape index (κ2) is 6.54. The van der Waals surface area contributed by atoms with E-state index in [0.717, 1.165) is 57.5 Å². The smallest absolute Gasteiger partial charge is 0.161 e. The number of H-pyrrole nitrogens is 1. The molecule has 2 aliphatic rings. The highest BCUT2D eigenvalue weighted by molar-refractivity contribution is 9.10. The number of pyridine rings is 2. The number of hydrogen-bond acceptors (Lipinski definition) is 4. The van der Waals surface area contributed by atoms with Gasteiger partial charge in [-0.05, 0) is 65.1 Å². The Bertz CT molecular complexity index is 1190. The van der Waals surface area contributed by atoms with Gasteiger partial charge in [-0.3, -0.25) is 0 Å². The molecule has 5 nitrogen and oxygen atoms in total. The number of nitrogens with zero attached hydrogens (tertiary/aromatic N) is 4. The monoisotopic (exact) mass is 447 g/mol. The molecule has 146 valence electrons. The van der Waals surface area contributed by atoms with Gasteiger partial charge in [0.2, 0.25) is 0 Å². The van der Waals surface area contributed by atoms with E-state index in [4.69, 9.17) is 4.98 Å². The van der Waals surface area contributed by atoms with E-state index in [0.29, 0.717) is 0 Å². The number of fused-ring (bicyclic) bond motifs is 3. The maximum atomic E-state index is 5.03. The zero-order valence-electron chi connectivity index (χ0n) is 16.3. The molecule has 0 amide bonds. The van der Waals surface area contributed by atoms with E-state index in [1.807, 2.05) is 6.07 Å². The fourth-order valence-electron chi connectivity index (χ4n) is 5.08. The first-order valence-electron chi connectivity index (χ1n) is 10.1. The second-order valence-corrected chi connectivity index (χ2v) is 9.27. The number of para-hydroxylation sites is 1. The van der Waals surface area contributed by atoms with E-state index in [1.165, 1.54) is 24.2 Å². The fraction of sp³-hybridized carbons (Fsp3) is 0.304. The van der Waals surface area contributed by atoms with Crippen LogP contribution in [0.5, 0.6) is 0 Å². The van der Waals surface area contributed by atoms with Crippen molar-refractivity contribution in [1.82, 2.24) is 19.9 Å². The molecule has 4 aromatic rings. The molecule has 29 heavy (non-hydrogen) atoms. The Morgan fingerprint density at radius 1 is 0.931 bits per heavy atom. The van der Waals surface area contributed by atoms with Crippen LogP contribution < -0.4 is 4.90 Å². The molecule has 3 aromatic heterocycles. The first-order chi connectivity index (χ1) is 14.1. The molecule has 2 fully saturated rings. The van der Waals surface area contributed by atoms with E-state index in [2.05, 4.69) is 85.2 Å². The first-order valence-corrected chi connectivity index (χ1v) is 10.9. The Labute approximate surface area is 177 Å². The molecular weight excluding hydrogens is 426 g/mol. The van der Waals surface area contributed by atoms with Crippen molar-refractivity contribution in [2.75, 3.05) is 38.1 Å². The predicted octanol–water partition coefficient (Wildman–Crippen LogP) is 4.54. The molecule has 6 rings (SSSR count). The summed E-state index contributed by atoms with van der Waals surface area (Å²) in [6, 6.07) is 17.0. The van der Waals surface area contributed by atoms with E-state index in [-0.39, 0.29) is 0 Å². The molecule has 6 heteroatoms. The summed E-state index contributed by atoms with van der Waals surface area (Å²) in [7, 11) is 2.24. The van der Waals surface area contributed by atoms with Crippen LogP contribution >= 0.6 is 15.9 Å². The molecular formula is C23H22BrN5. The normalized spacial score (nSPS) is 22.1. The number of likely N-dealkylation sites (tertiary alicyclic amines) is 1. The number of nitrogens with one attached hydrogen (secondary N) is 1. The average Bonchev–Trinajstić information content (AvgIpc) is 3.39. The van der Waals surface area contributed by atoms with Crippen molar-refractivity contribution in [3.63, 3.8) is 0 Å². The number of aromatic amines is 1.